The molecule has 0 saturated heterocycles. The van der Waals surface area contributed by atoms with Crippen LogP contribution in [0.15, 0.2) is 84.9 Å². The minimum absolute atomic E-state index is 0.367. The van der Waals surface area contributed by atoms with Gasteiger partial charge in [0.15, 0.2) is 0 Å². The molecule has 174 valence electrons. The van der Waals surface area contributed by atoms with Crippen molar-refractivity contribution < 1.29 is 18.9 Å². The first-order valence-electron chi connectivity index (χ1n) is 10.8. The minimum Gasteiger partial charge on any atom is -0.496 e. The SMILES string of the molecule is COc1ccc(OC)c(-c2c(OC)ccc(OC)c2Pc2ccccc2)c1Pc1ccccc1. The summed E-state index contributed by atoms with van der Waals surface area (Å²) in [5.74, 6) is 3.17. The molecular weight excluding hydrogens is 462 g/mol. The van der Waals surface area contributed by atoms with E-state index in [2.05, 4.69) is 48.5 Å². The van der Waals surface area contributed by atoms with Crippen LogP contribution in [0.1, 0.15) is 0 Å². The number of hydrogen-bond acceptors (Lipinski definition) is 4. The fraction of sp³-hybridized carbons (Fsp3) is 0.143. The molecule has 4 rings (SSSR count). The molecule has 0 aliphatic carbocycles. The van der Waals surface area contributed by atoms with Crippen LogP contribution in [-0.2, 0) is 0 Å². The molecule has 34 heavy (non-hydrogen) atoms. The second-order valence-corrected chi connectivity index (χ2v) is 10.1. The van der Waals surface area contributed by atoms with Crippen LogP contribution in [0.5, 0.6) is 23.0 Å². The predicted molar refractivity (Wildman–Crippen MR) is 146 cm³/mol. The molecule has 0 amide bonds. The van der Waals surface area contributed by atoms with Gasteiger partial charge in [0, 0.05) is 21.7 Å². The monoisotopic (exact) mass is 490 g/mol. The molecular formula is C28H28O4P2. The highest BCUT2D eigenvalue weighted by molar-refractivity contribution is 7.57. The van der Waals surface area contributed by atoms with Gasteiger partial charge < -0.3 is 18.9 Å². The van der Waals surface area contributed by atoms with E-state index in [1.165, 1.54) is 10.6 Å². The van der Waals surface area contributed by atoms with Gasteiger partial charge >= 0.3 is 0 Å². The quantitative estimate of drug-likeness (QED) is 0.320. The van der Waals surface area contributed by atoms with Crippen molar-refractivity contribution in [3.63, 3.8) is 0 Å². The van der Waals surface area contributed by atoms with E-state index in [0.717, 1.165) is 44.7 Å². The molecule has 0 aromatic heterocycles. The van der Waals surface area contributed by atoms with Gasteiger partial charge in [-0.15, -0.1) is 0 Å². The molecule has 0 aliphatic rings. The maximum atomic E-state index is 5.91. The second kappa shape index (κ2) is 11.4. The summed E-state index contributed by atoms with van der Waals surface area (Å²) in [6.45, 7) is 0. The third kappa shape index (κ3) is 5.04. The molecule has 0 fully saturated rings. The third-order valence-electron chi connectivity index (χ3n) is 5.47. The molecule has 4 aromatic carbocycles. The predicted octanol–water partition coefficient (Wildman–Crippen LogP) is 4.65. The number of methoxy groups -OCH3 is 4. The van der Waals surface area contributed by atoms with Crippen molar-refractivity contribution in [1.29, 1.82) is 0 Å². The lowest BCUT2D eigenvalue weighted by Crippen LogP contribution is -2.17. The van der Waals surface area contributed by atoms with Crippen molar-refractivity contribution in [2.45, 2.75) is 0 Å². The zero-order valence-electron chi connectivity index (χ0n) is 19.7. The summed E-state index contributed by atoms with van der Waals surface area (Å²) in [4.78, 5) is 0. The summed E-state index contributed by atoms with van der Waals surface area (Å²) in [5, 5.41) is 4.56. The van der Waals surface area contributed by atoms with Gasteiger partial charge in [-0.25, -0.2) is 0 Å². The second-order valence-electron chi connectivity index (χ2n) is 7.42. The molecule has 0 N–H and O–H groups in total. The normalized spacial score (nSPS) is 11.3. The first-order chi connectivity index (χ1) is 16.7. The van der Waals surface area contributed by atoms with Gasteiger partial charge in [0.25, 0.3) is 0 Å². The lowest BCUT2D eigenvalue weighted by atomic mass is 10.0. The van der Waals surface area contributed by atoms with Crippen molar-refractivity contribution in [2.24, 2.45) is 0 Å². The average Bonchev–Trinajstić information content (AvgIpc) is 2.89. The van der Waals surface area contributed by atoms with Crippen LogP contribution >= 0.6 is 17.2 Å². The highest BCUT2D eigenvalue weighted by Gasteiger charge is 2.25. The Labute approximate surface area is 204 Å². The number of benzene rings is 4. The Bertz CT molecular complexity index is 1150. The van der Waals surface area contributed by atoms with Crippen LogP contribution in [0, 0.1) is 0 Å². The van der Waals surface area contributed by atoms with Crippen molar-refractivity contribution in [3.8, 4) is 34.1 Å². The number of hydrogen-bond donors (Lipinski definition) is 0. The van der Waals surface area contributed by atoms with Gasteiger partial charge in [-0.1, -0.05) is 77.8 Å². The van der Waals surface area contributed by atoms with Crippen LogP contribution in [-0.4, -0.2) is 28.4 Å². The van der Waals surface area contributed by atoms with E-state index in [9.17, 15) is 0 Å². The van der Waals surface area contributed by atoms with Gasteiger partial charge in [0.05, 0.1) is 28.4 Å². The fourth-order valence-corrected chi connectivity index (χ4v) is 6.54. The molecule has 0 radical (unpaired) electrons. The lowest BCUT2D eigenvalue weighted by Gasteiger charge is -2.23. The van der Waals surface area contributed by atoms with Crippen LogP contribution in [0.25, 0.3) is 11.1 Å². The van der Waals surface area contributed by atoms with Crippen LogP contribution in [0.4, 0.5) is 0 Å². The largest absolute Gasteiger partial charge is 0.496 e. The van der Waals surface area contributed by atoms with E-state index in [1.807, 2.05) is 36.4 Å². The molecule has 0 heterocycles. The van der Waals surface area contributed by atoms with Gasteiger partial charge in [-0.05, 0) is 34.9 Å². The Kier molecular flexibility index (Phi) is 8.06. The maximum Gasteiger partial charge on any atom is 0.127 e. The van der Waals surface area contributed by atoms with E-state index >= 15 is 0 Å². The van der Waals surface area contributed by atoms with Crippen molar-refractivity contribution in [2.75, 3.05) is 28.4 Å². The molecule has 0 aliphatic heterocycles. The standard InChI is InChI=1S/C28H28O4P2/c1-29-21-15-17-23(31-3)27(33-19-11-7-5-8-12-19)25(21)26-22(30-2)16-18-24(32-4)28(26)34-20-13-9-6-10-14-20/h5-18,33-34H,1-4H3. The molecule has 4 aromatic rings. The van der Waals surface area contributed by atoms with Crippen LogP contribution in [0.3, 0.4) is 0 Å². The van der Waals surface area contributed by atoms with Crippen molar-refractivity contribution >= 4 is 38.4 Å². The van der Waals surface area contributed by atoms with Gasteiger partial charge in [-0.2, -0.15) is 0 Å². The van der Waals surface area contributed by atoms with Gasteiger partial charge in [0.1, 0.15) is 23.0 Å². The highest BCUT2D eigenvalue weighted by Crippen LogP contribution is 2.43. The maximum absolute atomic E-state index is 5.91. The first kappa shape index (κ1) is 24.1. The zero-order valence-corrected chi connectivity index (χ0v) is 21.7. The Morgan fingerprint density at radius 2 is 0.735 bits per heavy atom. The zero-order chi connectivity index (χ0) is 23.9. The van der Waals surface area contributed by atoms with Gasteiger partial charge in [0.2, 0.25) is 0 Å². The summed E-state index contributed by atoms with van der Waals surface area (Å²) in [6.07, 6.45) is 0. The highest BCUT2D eigenvalue weighted by atomic mass is 31.1. The van der Waals surface area contributed by atoms with E-state index in [4.69, 9.17) is 18.9 Å². The van der Waals surface area contributed by atoms with Crippen molar-refractivity contribution in [3.05, 3.63) is 84.9 Å². The Morgan fingerprint density at radius 3 is 1.06 bits per heavy atom. The minimum atomic E-state index is 0.367. The number of rotatable bonds is 9. The van der Waals surface area contributed by atoms with Crippen molar-refractivity contribution in [1.82, 2.24) is 0 Å². The summed E-state index contributed by atoms with van der Waals surface area (Å²) in [7, 11) is 7.55. The summed E-state index contributed by atoms with van der Waals surface area (Å²) < 4.78 is 23.5. The van der Waals surface area contributed by atoms with Crippen LogP contribution < -0.4 is 40.2 Å². The Hall–Kier alpha value is -3.06. The molecule has 0 bridgehead atoms. The van der Waals surface area contributed by atoms with E-state index in [0.29, 0.717) is 17.2 Å². The molecule has 4 nitrogen and oxygen atoms in total. The molecule has 0 saturated carbocycles. The molecule has 2 atom stereocenters. The Balaban J connectivity index is 2.03. The molecule has 6 heteroatoms. The Morgan fingerprint density at radius 1 is 0.412 bits per heavy atom. The summed E-state index contributed by atoms with van der Waals surface area (Å²) in [5.41, 5.74) is 1.94. The molecule has 0 spiro atoms. The summed E-state index contributed by atoms with van der Waals surface area (Å²) >= 11 is 0. The van der Waals surface area contributed by atoms with E-state index in [1.54, 1.807) is 28.4 Å². The average molecular weight is 490 g/mol. The topological polar surface area (TPSA) is 36.9 Å². The van der Waals surface area contributed by atoms with E-state index < -0.39 is 0 Å². The number of ether oxygens (including phenoxy) is 4. The fourth-order valence-electron chi connectivity index (χ4n) is 3.89. The van der Waals surface area contributed by atoms with Gasteiger partial charge in [-0.3, -0.25) is 0 Å². The third-order valence-corrected chi connectivity index (χ3v) is 8.21. The summed E-state index contributed by atoms with van der Waals surface area (Å²) in [6, 6.07) is 28.7. The van der Waals surface area contributed by atoms with E-state index in [-0.39, 0.29) is 0 Å². The molecule has 2 unspecified atom stereocenters. The van der Waals surface area contributed by atoms with Crippen LogP contribution in [0.2, 0.25) is 0 Å². The lowest BCUT2D eigenvalue weighted by molar-refractivity contribution is 0.402. The smallest absolute Gasteiger partial charge is 0.127 e. The first-order valence-corrected chi connectivity index (χ1v) is 12.8.